The molecule has 0 unspecified atom stereocenters. The molecule has 6 heteroatoms. The zero-order valence-electron chi connectivity index (χ0n) is 13.7. The highest BCUT2D eigenvalue weighted by atomic mass is 35.5. The molecule has 0 aliphatic rings. The number of ether oxygens (including phenoxy) is 1. The van der Waals surface area contributed by atoms with Crippen molar-refractivity contribution in [3.05, 3.63) is 28.2 Å². The molecule has 0 aromatic heterocycles. The summed E-state index contributed by atoms with van der Waals surface area (Å²) >= 11 is 11.9. The molecule has 124 valence electrons. The van der Waals surface area contributed by atoms with Gasteiger partial charge in [0.15, 0.2) is 6.61 Å². The highest BCUT2D eigenvalue weighted by Gasteiger charge is 2.27. The number of hydrogen-bond donors (Lipinski definition) is 1. The van der Waals surface area contributed by atoms with E-state index in [1.54, 1.807) is 18.2 Å². The standard InChI is InChI=1S/C16H24Cl2N2O2/c1-11(16(2,3)10-20(4)5)19-15(21)9-22-14-8-12(17)6-7-13(14)18/h6-8,11H,9-10H2,1-5H3,(H,19,21)/t11-/m1/s1. The van der Waals surface area contributed by atoms with Gasteiger partial charge in [-0.1, -0.05) is 37.0 Å². The lowest BCUT2D eigenvalue weighted by Gasteiger charge is -2.34. The Balaban J connectivity index is 2.54. The Morgan fingerprint density at radius 2 is 2.00 bits per heavy atom. The molecule has 1 N–H and O–H groups in total. The Morgan fingerprint density at radius 3 is 2.59 bits per heavy atom. The third kappa shape index (κ3) is 6.03. The molecule has 0 saturated heterocycles. The first kappa shape index (κ1) is 19.1. The fourth-order valence-electron chi connectivity index (χ4n) is 2.16. The predicted octanol–water partition coefficient (Wildman–Crippen LogP) is 3.46. The van der Waals surface area contributed by atoms with Crippen molar-refractivity contribution in [2.24, 2.45) is 5.41 Å². The van der Waals surface area contributed by atoms with Crippen LogP contribution in [0.2, 0.25) is 10.0 Å². The first-order valence-electron chi connectivity index (χ1n) is 7.14. The van der Waals surface area contributed by atoms with Crippen molar-refractivity contribution >= 4 is 29.1 Å². The van der Waals surface area contributed by atoms with E-state index in [9.17, 15) is 4.79 Å². The van der Waals surface area contributed by atoms with Gasteiger partial charge in [0.05, 0.1) is 5.02 Å². The molecule has 1 atom stereocenters. The highest BCUT2D eigenvalue weighted by Crippen LogP contribution is 2.27. The van der Waals surface area contributed by atoms with Gasteiger partial charge in [0.1, 0.15) is 5.75 Å². The van der Waals surface area contributed by atoms with Crippen LogP contribution in [0.3, 0.4) is 0 Å². The van der Waals surface area contributed by atoms with Crippen molar-refractivity contribution in [3.8, 4) is 5.75 Å². The van der Waals surface area contributed by atoms with Gasteiger partial charge in [-0.05, 0) is 38.6 Å². The maximum Gasteiger partial charge on any atom is 0.258 e. The van der Waals surface area contributed by atoms with Gasteiger partial charge < -0.3 is 15.0 Å². The molecule has 1 rings (SSSR count). The minimum atomic E-state index is -0.185. The van der Waals surface area contributed by atoms with Crippen LogP contribution in [0, 0.1) is 5.41 Å². The Labute approximate surface area is 142 Å². The average Bonchev–Trinajstić information content (AvgIpc) is 2.38. The molecule has 0 heterocycles. The van der Waals surface area contributed by atoms with Gasteiger partial charge in [0.25, 0.3) is 5.91 Å². The van der Waals surface area contributed by atoms with E-state index in [1.165, 1.54) is 0 Å². The molecular formula is C16H24Cl2N2O2. The van der Waals surface area contributed by atoms with Crippen LogP contribution in [0.5, 0.6) is 5.75 Å². The number of carbonyl (C=O) groups excluding carboxylic acids is 1. The van der Waals surface area contributed by atoms with Crippen LogP contribution in [0.4, 0.5) is 0 Å². The molecule has 0 radical (unpaired) electrons. The van der Waals surface area contributed by atoms with E-state index in [-0.39, 0.29) is 24.0 Å². The molecule has 0 spiro atoms. The molecular weight excluding hydrogens is 323 g/mol. The summed E-state index contributed by atoms with van der Waals surface area (Å²) in [6, 6.07) is 4.92. The Hall–Kier alpha value is -0.970. The first-order valence-corrected chi connectivity index (χ1v) is 7.89. The van der Waals surface area contributed by atoms with Crippen LogP contribution in [-0.4, -0.2) is 44.1 Å². The summed E-state index contributed by atoms with van der Waals surface area (Å²) in [5.74, 6) is 0.222. The molecule has 0 saturated carbocycles. The van der Waals surface area contributed by atoms with Crippen LogP contribution >= 0.6 is 23.2 Å². The van der Waals surface area contributed by atoms with Crippen LogP contribution in [-0.2, 0) is 4.79 Å². The third-order valence-electron chi connectivity index (χ3n) is 3.53. The molecule has 1 amide bonds. The second-order valence-electron chi connectivity index (χ2n) is 6.38. The predicted molar refractivity (Wildman–Crippen MR) is 91.9 cm³/mol. The monoisotopic (exact) mass is 346 g/mol. The van der Waals surface area contributed by atoms with Gasteiger partial charge in [0, 0.05) is 23.7 Å². The van der Waals surface area contributed by atoms with E-state index in [0.29, 0.717) is 15.8 Å². The minimum absolute atomic E-state index is 0.0147. The van der Waals surface area contributed by atoms with E-state index < -0.39 is 0 Å². The molecule has 1 aromatic rings. The summed E-state index contributed by atoms with van der Waals surface area (Å²) in [6.07, 6.45) is 0. The second-order valence-corrected chi connectivity index (χ2v) is 7.22. The average molecular weight is 347 g/mol. The van der Waals surface area contributed by atoms with Gasteiger partial charge >= 0.3 is 0 Å². The molecule has 0 aliphatic carbocycles. The normalized spacial score (nSPS) is 13.1. The summed E-state index contributed by atoms with van der Waals surface area (Å²) in [7, 11) is 4.03. The van der Waals surface area contributed by atoms with Gasteiger partial charge in [-0.15, -0.1) is 0 Å². The van der Waals surface area contributed by atoms with Crippen LogP contribution in [0.25, 0.3) is 0 Å². The molecule has 0 fully saturated rings. The number of hydrogen-bond acceptors (Lipinski definition) is 3. The van der Waals surface area contributed by atoms with Crippen molar-refractivity contribution in [3.63, 3.8) is 0 Å². The molecule has 0 aliphatic heterocycles. The molecule has 4 nitrogen and oxygen atoms in total. The van der Waals surface area contributed by atoms with Crippen LogP contribution in [0.15, 0.2) is 18.2 Å². The molecule has 1 aromatic carbocycles. The fourth-order valence-corrected chi connectivity index (χ4v) is 2.50. The molecule has 0 bridgehead atoms. The van der Waals surface area contributed by atoms with E-state index in [2.05, 4.69) is 24.1 Å². The van der Waals surface area contributed by atoms with Gasteiger partial charge in [0.2, 0.25) is 0 Å². The van der Waals surface area contributed by atoms with Crippen LogP contribution in [0.1, 0.15) is 20.8 Å². The summed E-state index contributed by atoms with van der Waals surface area (Å²) in [4.78, 5) is 14.1. The zero-order chi connectivity index (χ0) is 16.9. The van der Waals surface area contributed by atoms with Crippen molar-refractivity contribution in [2.75, 3.05) is 27.2 Å². The van der Waals surface area contributed by atoms with Gasteiger partial charge in [-0.25, -0.2) is 0 Å². The smallest absolute Gasteiger partial charge is 0.258 e. The van der Waals surface area contributed by atoms with Crippen molar-refractivity contribution < 1.29 is 9.53 Å². The van der Waals surface area contributed by atoms with E-state index in [4.69, 9.17) is 27.9 Å². The quantitative estimate of drug-likeness (QED) is 0.821. The summed E-state index contributed by atoms with van der Waals surface area (Å²) in [5.41, 5.74) is -0.0487. The van der Waals surface area contributed by atoms with Gasteiger partial charge in [-0.2, -0.15) is 0 Å². The number of nitrogens with one attached hydrogen (secondary N) is 1. The van der Waals surface area contributed by atoms with E-state index >= 15 is 0 Å². The van der Waals surface area contributed by atoms with Crippen molar-refractivity contribution in [1.29, 1.82) is 0 Å². The third-order valence-corrected chi connectivity index (χ3v) is 4.07. The van der Waals surface area contributed by atoms with Crippen molar-refractivity contribution in [2.45, 2.75) is 26.8 Å². The Kier molecular flexibility index (Phi) is 6.98. The topological polar surface area (TPSA) is 41.6 Å². The maximum absolute atomic E-state index is 12.0. The number of nitrogens with zero attached hydrogens (tertiary/aromatic N) is 1. The number of amides is 1. The number of halogens is 2. The number of carbonyl (C=O) groups is 1. The lowest BCUT2D eigenvalue weighted by molar-refractivity contribution is -0.124. The lowest BCUT2D eigenvalue weighted by atomic mass is 9.85. The Morgan fingerprint density at radius 1 is 1.36 bits per heavy atom. The first-order chi connectivity index (χ1) is 10.1. The molecule has 22 heavy (non-hydrogen) atoms. The second kappa shape index (κ2) is 8.04. The lowest BCUT2D eigenvalue weighted by Crippen LogP contribution is -2.48. The van der Waals surface area contributed by atoms with Gasteiger partial charge in [-0.3, -0.25) is 4.79 Å². The minimum Gasteiger partial charge on any atom is -0.482 e. The SMILES string of the molecule is C[C@@H](NC(=O)COc1cc(Cl)ccc1Cl)C(C)(C)CN(C)C. The largest absolute Gasteiger partial charge is 0.482 e. The summed E-state index contributed by atoms with van der Waals surface area (Å²) in [5, 5.41) is 3.91. The number of benzene rings is 1. The van der Waals surface area contributed by atoms with E-state index in [0.717, 1.165) is 6.54 Å². The fraction of sp³-hybridized carbons (Fsp3) is 0.562. The highest BCUT2D eigenvalue weighted by molar-refractivity contribution is 6.34. The maximum atomic E-state index is 12.0. The van der Waals surface area contributed by atoms with E-state index in [1.807, 2.05) is 21.0 Å². The Bertz CT molecular complexity index is 519. The van der Waals surface area contributed by atoms with Crippen LogP contribution < -0.4 is 10.1 Å². The summed E-state index contributed by atoms with van der Waals surface area (Å²) < 4.78 is 5.44. The number of rotatable bonds is 7. The van der Waals surface area contributed by atoms with Crippen molar-refractivity contribution in [1.82, 2.24) is 10.2 Å². The summed E-state index contributed by atoms with van der Waals surface area (Å²) in [6.45, 7) is 7.00. The zero-order valence-corrected chi connectivity index (χ0v) is 15.3.